The number of ether oxygens (including phenoxy) is 1. The first-order valence-corrected chi connectivity index (χ1v) is 6.13. The summed E-state index contributed by atoms with van der Waals surface area (Å²) in [6.45, 7) is 1.87. The van der Waals surface area contributed by atoms with Crippen LogP contribution in [0.2, 0.25) is 0 Å². The molecule has 6 nitrogen and oxygen atoms in total. The van der Waals surface area contributed by atoms with Crippen molar-refractivity contribution in [3.05, 3.63) is 64.5 Å². The van der Waals surface area contributed by atoms with E-state index >= 15 is 0 Å². The zero-order chi connectivity index (χ0) is 14.5. The standard InChI is InChI=1S/C14H14N2O4/c1-11(10-20-14(17)15-8-4-5-9-15)12-6-2-3-7-13(12)16(18)19/h2-9,11H,10H2,1H3. The van der Waals surface area contributed by atoms with Crippen molar-refractivity contribution < 1.29 is 14.5 Å². The Labute approximate surface area is 115 Å². The summed E-state index contributed by atoms with van der Waals surface area (Å²) in [5.41, 5.74) is 0.592. The van der Waals surface area contributed by atoms with Gasteiger partial charge in [-0.15, -0.1) is 0 Å². The molecular weight excluding hydrogens is 260 g/mol. The number of nitro groups is 1. The Bertz CT molecular complexity index is 607. The van der Waals surface area contributed by atoms with Crippen LogP contribution in [-0.4, -0.2) is 22.2 Å². The van der Waals surface area contributed by atoms with Crippen molar-refractivity contribution in [1.82, 2.24) is 4.57 Å². The first-order chi connectivity index (χ1) is 9.59. The highest BCUT2D eigenvalue weighted by Gasteiger charge is 2.19. The van der Waals surface area contributed by atoms with Crippen molar-refractivity contribution in [2.75, 3.05) is 6.61 Å². The average molecular weight is 274 g/mol. The monoisotopic (exact) mass is 274 g/mol. The third-order valence-electron chi connectivity index (χ3n) is 2.94. The van der Waals surface area contributed by atoms with Crippen LogP contribution >= 0.6 is 0 Å². The minimum atomic E-state index is -0.500. The number of hydrogen-bond donors (Lipinski definition) is 0. The Morgan fingerprint density at radius 1 is 1.30 bits per heavy atom. The summed E-state index contributed by atoms with van der Waals surface area (Å²) in [5, 5.41) is 10.9. The number of carbonyl (C=O) groups excluding carboxylic acids is 1. The van der Waals surface area contributed by atoms with E-state index in [2.05, 4.69) is 0 Å². The Morgan fingerprint density at radius 3 is 2.60 bits per heavy atom. The second-order valence-corrected chi connectivity index (χ2v) is 4.38. The van der Waals surface area contributed by atoms with Crippen molar-refractivity contribution in [1.29, 1.82) is 0 Å². The number of hydrogen-bond acceptors (Lipinski definition) is 4. The molecule has 2 rings (SSSR count). The lowest BCUT2D eigenvalue weighted by atomic mass is 10.0. The van der Waals surface area contributed by atoms with Crippen molar-refractivity contribution >= 4 is 11.8 Å². The van der Waals surface area contributed by atoms with Crippen LogP contribution in [0.3, 0.4) is 0 Å². The van der Waals surface area contributed by atoms with Crippen LogP contribution in [0, 0.1) is 10.1 Å². The van der Waals surface area contributed by atoms with Crippen LogP contribution in [-0.2, 0) is 4.74 Å². The fraction of sp³-hybridized carbons (Fsp3) is 0.214. The SMILES string of the molecule is CC(COC(=O)n1cccc1)c1ccccc1[N+](=O)[O-]. The Kier molecular flexibility index (Phi) is 4.14. The molecule has 6 heteroatoms. The second kappa shape index (κ2) is 6.01. The summed E-state index contributed by atoms with van der Waals surface area (Å²) < 4.78 is 6.45. The van der Waals surface area contributed by atoms with Gasteiger partial charge >= 0.3 is 6.09 Å². The van der Waals surface area contributed by atoms with Gasteiger partial charge in [-0.05, 0) is 12.1 Å². The highest BCUT2D eigenvalue weighted by molar-refractivity contribution is 5.70. The molecule has 0 N–H and O–H groups in total. The van der Waals surface area contributed by atoms with Gasteiger partial charge in [-0.1, -0.05) is 25.1 Å². The van der Waals surface area contributed by atoms with Crippen molar-refractivity contribution in [3.63, 3.8) is 0 Å². The molecule has 104 valence electrons. The van der Waals surface area contributed by atoms with E-state index in [1.807, 2.05) is 0 Å². The predicted octanol–water partition coefficient (Wildman–Crippen LogP) is 3.18. The van der Waals surface area contributed by atoms with Crippen molar-refractivity contribution in [3.8, 4) is 0 Å². The smallest absolute Gasteiger partial charge is 0.417 e. The molecule has 0 saturated heterocycles. The number of benzene rings is 1. The van der Waals surface area contributed by atoms with Crippen molar-refractivity contribution in [2.24, 2.45) is 0 Å². The van der Waals surface area contributed by atoms with E-state index in [-0.39, 0.29) is 18.2 Å². The Hall–Kier alpha value is -2.63. The molecule has 1 unspecified atom stereocenters. The summed E-state index contributed by atoms with van der Waals surface area (Å²) in [6.07, 6.45) is 2.66. The van der Waals surface area contributed by atoms with E-state index in [4.69, 9.17) is 4.74 Å². The molecule has 0 aliphatic carbocycles. The minimum absolute atomic E-state index is 0.0389. The molecule has 0 fully saturated rings. The third kappa shape index (κ3) is 3.03. The molecule has 20 heavy (non-hydrogen) atoms. The molecule has 0 aliphatic rings. The quantitative estimate of drug-likeness (QED) is 0.634. The van der Waals surface area contributed by atoms with Crippen LogP contribution in [0.1, 0.15) is 18.4 Å². The highest BCUT2D eigenvalue weighted by atomic mass is 16.6. The fourth-order valence-electron chi connectivity index (χ4n) is 1.89. The van der Waals surface area contributed by atoms with Crippen LogP contribution in [0.5, 0.6) is 0 Å². The number of carbonyl (C=O) groups is 1. The number of nitro benzene ring substituents is 1. The minimum Gasteiger partial charge on any atom is -0.448 e. The van der Waals surface area contributed by atoms with Crippen molar-refractivity contribution in [2.45, 2.75) is 12.8 Å². The normalized spacial score (nSPS) is 11.8. The van der Waals surface area contributed by atoms with E-state index in [0.29, 0.717) is 5.56 Å². The van der Waals surface area contributed by atoms with E-state index in [9.17, 15) is 14.9 Å². The number of para-hydroxylation sites is 1. The number of rotatable bonds is 4. The van der Waals surface area contributed by atoms with Gasteiger partial charge in [0.1, 0.15) is 6.61 Å². The lowest BCUT2D eigenvalue weighted by Gasteiger charge is -2.12. The summed E-state index contributed by atoms with van der Waals surface area (Å²) in [6, 6.07) is 9.89. The van der Waals surface area contributed by atoms with Gasteiger partial charge in [0.2, 0.25) is 0 Å². The van der Waals surface area contributed by atoms with E-state index in [0.717, 1.165) is 0 Å². The van der Waals surface area contributed by atoms with Gasteiger partial charge in [0.05, 0.1) is 4.92 Å². The first kappa shape index (κ1) is 13.8. The fourth-order valence-corrected chi connectivity index (χ4v) is 1.89. The van der Waals surface area contributed by atoms with Crippen LogP contribution in [0.25, 0.3) is 0 Å². The van der Waals surface area contributed by atoms with Gasteiger partial charge in [0.25, 0.3) is 5.69 Å². The molecule has 0 spiro atoms. The van der Waals surface area contributed by atoms with E-state index in [1.54, 1.807) is 49.6 Å². The first-order valence-electron chi connectivity index (χ1n) is 6.13. The van der Waals surface area contributed by atoms with E-state index < -0.39 is 11.0 Å². The molecule has 0 bridgehead atoms. The van der Waals surface area contributed by atoms with Crippen LogP contribution in [0.4, 0.5) is 10.5 Å². The Morgan fingerprint density at radius 2 is 1.95 bits per heavy atom. The average Bonchev–Trinajstić information content (AvgIpc) is 2.98. The molecule has 0 radical (unpaired) electrons. The van der Waals surface area contributed by atoms with Crippen LogP contribution < -0.4 is 0 Å². The summed E-state index contributed by atoms with van der Waals surface area (Å²) >= 11 is 0. The maximum atomic E-state index is 11.7. The maximum Gasteiger partial charge on any atom is 0.417 e. The maximum absolute atomic E-state index is 11.7. The predicted molar refractivity (Wildman–Crippen MR) is 72.7 cm³/mol. The van der Waals surface area contributed by atoms with E-state index in [1.165, 1.54) is 10.6 Å². The molecule has 1 heterocycles. The molecule has 0 amide bonds. The molecule has 1 atom stereocenters. The third-order valence-corrected chi connectivity index (χ3v) is 2.94. The van der Waals surface area contributed by atoms with Gasteiger partial charge in [-0.3, -0.25) is 14.7 Å². The summed E-state index contributed by atoms with van der Waals surface area (Å²) in [7, 11) is 0. The zero-order valence-corrected chi connectivity index (χ0v) is 10.9. The largest absolute Gasteiger partial charge is 0.448 e. The van der Waals surface area contributed by atoms with Gasteiger partial charge < -0.3 is 4.74 Å². The number of aromatic nitrogens is 1. The van der Waals surface area contributed by atoms with Gasteiger partial charge in [0, 0.05) is 29.9 Å². The molecule has 2 aromatic rings. The second-order valence-electron chi connectivity index (χ2n) is 4.38. The molecule has 1 aromatic heterocycles. The highest BCUT2D eigenvalue weighted by Crippen LogP contribution is 2.26. The lowest BCUT2D eigenvalue weighted by Crippen LogP contribution is -2.16. The molecular formula is C14H14N2O4. The van der Waals surface area contributed by atoms with Gasteiger partial charge in [0.15, 0.2) is 0 Å². The molecule has 1 aromatic carbocycles. The summed E-state index contributed by atoms with van der Waals surface area (Å²) in [4.78, 5) is 22.2. The summed E-state index contributed by atoms with van der Waals surface area (Å²) in [5.74, 6) is -0.254. The lowest BCUT2D eigenvalue weighted by molar-refractivity contribution is -0.385. The topological polar surface area (TPSA) is 74.4 Å². The Balaban J connectivity index is 2.04. The van der Waals surface area contributed by atoms with Gasteiger partial charge in [-0.2, -0.15) is 0 Å². The van der Waals surface area contributed by atoms with Gasteiger partial charge in [-0.25, -0.2) is 4.79 Å². The number of nitrogens with zero attached hydrogens (tertiary/aromatic N) is 2. The molecule has 0 saturated carbocycles. The zero-order valence-electron chi connectivity index (χ0n) is 10.9. The van der Waals surface area contributed by atoms with Crippen LogP contribution in [0.15, 0.2) is 48.8 Å². The molecule has 0 aliphatic heterocycles.